The minimum absolute atomic E-state index is 0.298. The molecule has 0 aliphatic carbocycles. The average molecular weight is 225 g/mol. The van der Waals surface area contributed by atoms with Crippen LogP contribution in [0.4, 0.5) is 0 Å². The molecule has 0 atom stereocenters. The van der Waals surface area contributed by atoms with Gasteiger partial charge in [-0.1, -0.05) is 6.07 Å². The molecule has 0 radical (unpaired) electrons. The Morgan fingerprint density at radius 3 is 2.60 bits per heavy atom. The molecule has 0 saturated carbocycles. The second-order valence-electron chi connectivity index (χ2n) is 3.32. The van der Waals surface area contributed by atoms with Gasteiger partial charge in [0.1, 0.15) is 7.11 Å². The van der Waals surface area contributed by atoms with E-state index in [0.29, 0.717) is 4.90 Å². The van der Waals surface area contributed by atoms with Crippen LogP contribution in [-0.2, 0) is 9.84 Å². The van der Waals surface area contributed by atoms with Gasteiger partial charge in [-0.05, 0) is 18.2 Å². The molecule has 0 fully saturated rings. The van der Waals surface area contributed by atoms with Crippen molar-refractivity contribution in [3.05, 3.63) is 30.5 Å². The summed E-state index contributed by atoms with van der Waals surface area (Å²) in [4.78, 5) is 5.36. The largest absolute Gasteiger partial charge is 0.417 e. The van der Waals surface area contributed by atoms with E-state index in [2.05, 4.69) is 0 Å². The minimum atomic E-state index is -3.17. The van der Waals surface area contributed by atoms with Crippen LogP contribution >= 0.6 is 0 Å². The van der Waals surface area contributed by atoms with Crippen LogP contribution in [0.3, 0.4) is 0 Å². The SMILES string of the molecule is COn1ccc2ccc(S(C)(=O)=O)cc21. The van der Waals surface area contributed by atoms with E-state index in [4.69, 9.17) is 4.84 Å². The van der Waals surface area contributed by atoms with Gasteiger partial charge >= 0.3 is 0 Å². The van der Waals surface area contributed by atoms with Gasteiger partial charge in [0, 0.05) is 17.8 Å². The lowest BCUT2D eigenvalue weighted by atomic mass is 10.2. The number of rotatable bonds is 2. The molecule has 0 amide bonds. The van der Waals surface area contributed by atoms with Crippen LogP contribution in [0.5, 0.6) is 0 Å². The van der Waals surface area contributed by atoms with E-state index >= 15 is 0 Å². The first kappa shape index (κ1) is 10.0. The molecule has 1 aromatic carbocycles. The smallest absolute Gasteiger partial charge is 0.175 e. The fraction of sp³-hybridized carbons (Fsp3) is 0.200. The Hall–Kier alpha value is -1.49. The molecule has 1 heterocycles. The highest BCUT2D eigenvalue weighted by Crippen LogP contribution is 2.19. The molecular formula is C10H11NO3S. The summed E-state index contributed by atoms with van der Waals surface area (Å²) in [7, 11) is -1.63. The van der Waals surface area contributed by atoms with E-state index in [1.54, 1.807) is 24.4 Å². The molecular weight excluding hydrogens is 214 g/mol. The molecule has 0 spiro atoms. The van der Waals surface area contributed by atoms with E-state index in [1.165, 1.54) is 18.1 Å². The third-order valence-electron chi connectivity index (χ3n) is 2.25. The quantitative estimate of drug-likeness (QED) is 0.769. The molecule has 80 valence electrons. The summed E-state index contributed by atoms with van der Waals surface area (Å²) in [6.45, 7) is 0. The van der Waals surface area contributed by atoms with Crippen LogP contribution in [0, 0.1) is 0 Å². The highest BCUT2D eigenvalue weighted by molar-refractivity contribution is 7.90. The molecule has 2 rings (SSSR count). The summed E-state index contributed by atoms with van der Waals surface area (Å²) >= 11 is 0. The second kappa shape index (κ2) is 3.27. The predicted molar refractivity (Wildman–Crippen MR) is 57.6 cm³/mol. The van der Waals surface area contributed by atoms with E-state index in [-0.39, 0.29) is 0 Å². The fourth-order valence-electron chi connectivity index (χ4n) is 1.47. The van der Waals surface area contributed by atoms with Gasteiger partial charge in [-0.2, -0.15) is 4.73 Å². The Morgan fingerprint density at radius 2 is 2.00 bits per heavy atom. The summed E-state index contributed by atoms with van der Waals surface area (Å²) in [5.74, 6) is 0. The van der Waals surface area contributed by atoms with Crippen molar-refractivity contribution >= 4 is 20.7 Å². The van der Waals surface area contributed by atoms with Crippen LogP contribution in [-0.4, -0.2) is 26.5 Å². The van der Waals surface area contributed by atoms with E-state index in [0.717, 1.165) is 10.9 Å². The monoisotopic (exact) mass is 225 g/mol. The summed E-state index contributed by atoms with van der Waals surface area (Å²) in [5, 5.41) is 0.948. The molecule has 1 aromatic heterocycles. The number of aromatic nitrogens is 1. The second-order valence-corrected chi connectivity index (χ2v) is 5.33. The Bertz CT molecular complexity index is 598. The van der Waals surface area contributed by atoms with Gasteiger partial charge in [-0.15, -0.1) is 0 Å². The van der Waals surface area contributed by atoms with E-state index in [1.807, 2.05) is 6.07 Å². The molecule has 5 heteroatoms. The summed E-state index contributed by atoms with van der Waals surface area (Å²) in [6, 6.07) is 6.83. The molecule has 0 N–H and O–H groups in total. The number of nitrogens with zero attached hydrogens (tertiary/aromatic N) is 1. The van der Waals surface area contributed by atoms with Crippen LogP contribution in [0.15, 0.2) is 35.4 Å². The van der Waals surface area contributed by atoms with Crippen molar-refractivity contribution in [3.63, 3.8) is 0 Å². The highest BCUT2D eigenvalue weighted by Gasteiger charge is 2.09. The average Bonchev–Trinajstić information content (AvgIpc) is 2.57. The Morgan fingerprint density at radius 1 is 1.27 bits per heavy atom. The first-order valence-electron chi connectivity index (χ1n) is 4.38. The van der Waals surface area contributed by atoms with Gasteiger partial charge < -0.3 is 4.84 Å². The molecule has 0 unspecified atom stereocenters. The van der Waals surface area contributed by atoms with Crippen molar-refractivity contribution in [1.82, 2.24) is 4.73 Å². The molecule has 0 aliphatic rings. The summed E-state index contributed by atoms with van der Waals surface area (Å²) < 4.78 is 24.2. The first-order chi connectivity index (χ1) is 7.02. The molecule has 0 saturated heterocycles. The van der Waals surface area contributed by atoms with Gasteiger partial charge in [-0.25, -0.2) is 8.42 Å². The Labute approximate surface area is 88.0 Å². The first-order valence-corrected chi connectivity index (χ1v) is 6.27. The van der Waals surface area contributed by atoms with Gasteiger partial charge in [0.05, 0.1) is 10.4 Å². The maximum Gasteiger partial charge on any atom is 0.175 e. The normalized spacial score (nSPS) is 11.9. The van der Waals surface area contributed by atoms with Crippen LogP contribution in [0.2, 0.25) is 0 Å². The molecule has 15 heavy (non-hydrogen) atoms. The third kappa shape index (κ3) is 1.70. The van der Waals surface area contributed by atoms with E-state index in [9.17, 15) is 8.42 Å². The van der Waals surface area contributed by atoms with Crippen molar-refractivity contribution in [1.29, 1.82) is 0 Å². The van der Waals surface area contributed by atoms with Crippen molar-refractivity contribution in [2.45, 2.75) is 4.90 Å². The molecule has 4 nitrogen and oxygen atoms in total. The van der Waals surface area contributed by atoms with Crippen molar-refractivity contribution in [2.75, 3.05) is 13.4 Å². The van der Waals surface area contributed by atoms with Crippen LogP contribution in [0.1, 0.15) is 0 Å². The number of fused-ring (bicyclic) bond motifs is 1. The standard InChI is InChI=1S/C10H11NO3S/c1-14-11-6-5-8-3-4-9(7-10(8)11)15(2,12)13/h3-7H,1-2H3. The van der Waals surface area contributed by atoms with Crippen LogP contribution < -0.4 is 4.84 Å². The zero-order valence-electron chi connectivity index (χ0n) is 8.47. The number of hydrogen-bond donors (Lipinski definition) is 0. The van der Waals surface area contributed by atoms with Gasteiger partial charge in [0.25, 0.3) is 0 Å². The summed E-state index contributed by atoms with van der Waals surface area (Å²) in [5.41, 5.74) is 0.750. The van der Waals surface area contributed by atoms with Gasteiger partial charge in [-0.3, -0.25) is 0 Å². The van der Waals surface area contributed by atoms with Crippen LogP contribution in [0.25, 0.3) is 10.9 Å². The maximum atomic E-state index is 11.3. The van der Waals surface area contributed by atoms with Crippen molar-refractivity contribution < 1.29 is 13.3 Å². The number of hydrogen-bond acceptors (Lipinski definition) is 3. The lowest BCUT2D eigenvalue weighted by molar-refractivity contribution is 0.179. The van der Waals surface area contributed by atoms with Gasteiger partial charge in [0.2, 0.25) is 0 Å². The molecule has 0 aliphatic heterocycles. The van der Waals surface area contributed by atoms with Crippen molar-refractivity contribution in [3.8, 4) is 0 Å². The number of sulfone groups is 1. The van der Waals surface area contributed by atoms with E-state index < -0.39 is 9.84 Å². The third-order valence-corrected chi connectivity index (χ3v) is 3.36. The molecule has 2 aromatic rings. The highest BCUT2D eigenvalue weighted by atomic mass is 32.2. The lowest BCUT2D eigenvalue weighted by Crippen LogP contribution is -2.04. The zero-order valence-corrected chi connectivity index (χ0v) is 9.28. The topological polar surface area (TPSA) is 48.3 Å². The maximum absolute atomic E-state index is 11.3. The lowest BCUT2D eigenvalue weighted by Gasteiger charge is -2.03. The van der Waals surface area contributed by atoms with Crippen molar-refractivity contribution in [2.24, 2.45) is 0 Å². The Balaban J connectivity index is 2.73. The predicted octanol–water partition coefficient (Wildman–Crippen LogP) is 1.10. The van der Waals surface area contributed by atoms with Gasteiger partial charge in [0.15, 0.2) is 9.84 Å². The Kier molecular flexibility index (Phi) is 2.19. The molecule has 0 bridgehead atoms. The summed E-state index contributed by atoms with van der Waals surface area (Å²) in [6.07, 6.45) is 2.94. The minimum Gasteiger partial charge on any atom is -0.417 e. The fourth-order valence-corrected chi connectivity index (χ4v) is 2.11. The zero-order chi connectivity index (χ0) is 11.1. The number of benzene rings is 1.